The maximum Gasteiger partial charge on any atom is 0.573 e. The highest BCUT2D eigenvalue weighted by atomic mass is 19.4. The molecule has 0 atom stereocenters. The first-order valence-electron chi connectivity index (χ1n) is 13.1. The normalized spacial score (nSPS) is 14.0. The van der Waals surface area contributed by atoms with E-state index in [2.05, 4.69) is 47.3 Å². The van der Waals surface area contributed by atoms with E-state index in [9.17, 15) is 18.0 Å². The first-order chi connectivity index (χ1) is 19.7. The molecule has 0 saturated carbocycles. The van der Waals surface area contributed by atoms with Crippen LogP contribution in [0.4, 0.5) is 36.2 Å². The second-order valence-electron chi connectivity index (χ2n) is 9.65. The number of anilines is 4. The van der Waals surface area contributed by atoms with Crippen LogP contribution in [-0.2, 0) is 11.3 Å². The summed E-state index contributed by atoms with van der Waals surface area (Å²) in [5.74, 6) is 0.138. The zero-order chi connectivity index (χ0) is 28.8. The number of hydrogen-bond donors (Lipinski definition) is 2. The Hall–Kier alpha value is -4.64. The van der Waals surface area contributed by atoms with Gasteiger partial charge >= 0.3 is 6.36 Å². The third kappa shape index (κ3) is 7.95. The molecule has 2 heterocycles. The fraction of sp³-hybridized carbons (Fsp3) is 0.233. The molecule has 11 heteroatoms. The maximum atomic E-state index is 12.4. The Balaban J connectivity index is 1.16. The Labute approximate surface area is 235 Å². The summed E-state index contributed by atoms with van der Waals surface area (Å²) < 4.78 is 41.1. The van der Waals surface area contributed by atoms with Gasteiger partial charge < -0.3 is 20.3 Å². The molecule has 212 valence electrons. The molecule has 1 aromatic heterocycles. The van der Waals surface area contributed by atoms with Gasteiger partial charge in [0.2, 0.25) is 11.9 Å². The summed E-state index contributed by atoms with van der Waals surface area (Å²) in [5, 5.41) is 6.05. The van der Waals surface area contributed by atoms with E-state index in [4.69, 9.17) is 0 Å². The minimum Gasteiger partial charge on any atom is -0.406 e. The van der Waals surface area contributed by atoms with Crippen molar-refractivity contribution in [3.63, 3.8) is 0 Å². The van der Waals surface area contributed by atoms with Crippen molar-refractivity contribution < 1.29 is 22.7 Å². The molecule has 1 aliphatic heterocycles. The van der Waals surface area contributed by atoms with Gasteiger partial charge in [0.05, 0.1) is 5.69 Å². The molecule has 41 heavy (non-hydrogen) atoms. The summed E-state index contributed by atoms with van der Waals surface area (Å²) in [6.45, 7) is 5.41. The molecule has 4 aromatic rings. The molecule has 0 radical (unpaired) electrons. The zero-order valence-electron chi connectivity index (χ0n) is 22.4. The molecule has 1 aliphatic rings. The fourth-order valence-electron chi connectivity index (χ4n) is 4.64. The summed E-state index contributed by atoms with van der Waals surface area (Å²) in [5.41, 5.74) is 5.26. The quantitative estimate of drug-likeness (QED) is 0.270. The van der Waals surface area contributed by atoms with E-state index in [0.29, 0.717) is 12.5 Å². The molecule has 2 N–H and O–H groups in total. The molecule has 8 nitrogen and oxygen atoms in total. The molecule has 0 spiro atoms. The van der Waals surface area contributed by atoms with Crippen LogP contribution in [0.2, 0.25) is 0 Å². The van der Waals surface area contributed by atoms with Crippen LogP contribution in [0.1, 0.15) is 12.5 Å². The van der Waals surface area contributed by atoms with E-state index >= 15 is 0 Å². The number of alkyl halides is 3. The molecule has 1 amide bonds. The smallest absolute Gasteiger partial charge is 0.406 e. The first kappa shape index (κ1) is 27.9. The predicted molar refractivity (Wildman–Crippen MR) is 152 cm³/mol. The topological polar surface area (TPSA) is 82.6 Å². The third-order valence-electron chi connectivity index (χ3n) is 6.56. The van der Waals surface area contributed by atoms with Gasteiger partial charge in [0.25, 0.3) is 0 Å². The lowest BCUT2D eigenvalue weighted by Crippen LogP contribution is -2.45. The lowest BCUT2D eigenvalue weighted by molar-refractivity contribution is -0.274. The summed E-state index contributed by atoms with van der Waals surface area (Å²) in [6, 6.07) is 23.4. The molecule has 3 aromatic carbocycles. The Bertz CT molecular complexity index is 1470. The van der Waals surface area contributed by atoms with Crippen molar-refractivity contribution >= 4 is 28.9 Å². The Morgan fingerprint density at radius 2 is 1.66 bits per heavy atom. The molecule has 5 rings (SSSR count). The number of amides is 1. The number of carbonyl (C=O) groups excluding carboxylic acids is 1. The van der Waals surface area contributed by atoms with Crippen LogP contribution < -0.4 is 20.3 Å². The molecule has 1 fully saturated rings. The Morgan fingerprint density at radius 3 is 2.34 bits per heavy atom. The van der Waals surface area contributed by atoms with Gasteiger partial charge in [-0.15, -0.1) is 13.2 Å². The van der Waals surface area contributed by atoms with Gasteiger partial charge in [-0.1, -0.05) is 30.3 Å². The largest absolute Gasteiger partial charge is 0.573 e. The van der Waals surface area contributed by atoms with Crippen LogP contribution in [0.25, 0.3) is 11.3 Å². The second-order valence-corrected chi connectivity index (χ2v) is 9.65. The number of carbonyl (C=O) groups is 1. The van der Waals surface area contributed by atoms with E-state index in [1.807, 2.05) is 42.5 Å². The van der Waals surface area contributed by atoms with Gasteiger partial charge in [-0.25, -0.2) is 9.97 Å². The van der Waals surface area contributed by atoms with Crippen LogP contribution in [0.15, 0.2) is 85.1 Å². The molecule has 1 saturated heterocycles. The van der Waals surface area contributed by atoms with Crippen molar-refractivity contribution in [3.8, 4) is 17.0 Å². The number of rotatable bonds is 8. The minimum atomic E-state index is -4.69. The van der Waals surface area contributed by atoms with Crippen molar-refractivity contribution in [2.75, 3.05) is 41.7 Å². The summed E-state index contributed by atoms with van der Waals surface area (Å²) in [7, 11) is 0. The highest BCUT2D eigenvalue weighted by Gasteiger charge is 2.31. The monoisotopic (exact) mass is 562 g/mol. The van der Waals surface area contributed by atoms with Crippen molar-refractivity contribution in [1.82, 2.24) is 14.9 Å². The maximum absolute atomic E-state index is 12.4. The van der Waals surface area contributed by atoms with Gasteiger partial charge in [-0.05, 0) is 54.1 Å². The summed E-state index contributed by atoms with van der Waals surface area (Å²) in [4.78, 5) is 24.9. The second kappa shape index (κ2) is 12.3. The lowest BCUT2D eigenvalue weighted by atomic mass is 10.1. The van der Waals surface area contributed by atoms with Crippen LogP contribution in [0.3, 0.4) is 0 Å². The number of nitrogens with one attached hydrogen (secondary N) is 2. The highest BCUT2D eigenvalue weighted by molar-refractivity contribution is 5.88. The molecule has 0 unspecified atom stereocenters. The molecule has 0 aliphatic carbocycles. The zero-order valence-corrected chi connectivity index (χ0v) is 22.4. The third-order valence-corrected chi connectivity index (χ3v) is 6.56. The van der Waals surface area contributed by atoms with Gasteiger partial charge in [0.1, 0.15) is 5.75 Å². The average Bonchev–Trinajstić information content (AvgIpc) is 2.94. The first-order valence-corrected chi connectivity index (χ1v) is 13.1. The number of piperazine rings is 1. The van der Waals surface area contributed by atoms with Crippen molar-refractivity contribution in [3.05, 3.63) is 90.6 Å². The van der Waals surface area contributed by atoms with Crippen LogP contribution >= 0.6 is 0 Å². The van der Waals surface area contributed by atoms with Crippen LogP contribution in [0.5, 0.6) is 5.75 Å². The standard InChI is InChI=1S/C30H29F3N6O2/c1-21(40)35-24-9-7-23(8-10-24)28-13-14-34-29(37-28)36-25-3-2-4-26(19-25)39-17-15-38(16-18-39)20-22-5-11-27(12-6-22)41-30(31,32)33/h2-14,19H,15-18,20H2,1H3,(H,35,40)(H,34,36,37). The van der Waals surface area contributed by atoms with E-state index < -0.39 is 6.36 Å². The van der Waals surface area contributed by atoms with E-state index in [0.717, 1.165) is 60.1 Å². The van der Waals surface area contributed by atoms with E-state index in [1.165, 1.54) is 19.1 Å². The molecule has 0 bridgehead atoms. The number of ether oxygens (including phenoxy) is 1. The van der Waals surface area contributed by atoms with Gasteiger partial charge in [-0.2, -0.15) is 0 Å². The van der Waals surface area contributed by atoms with Gasteiger partial charge in [0.15, 0.2) is 0 Å². The summed E-state index contributed by atoms with van der Waals surface area (Å²) in [6.07, 6.45) is -2.99. The number of nitrogens with zero attached hydrogens (tertiary/aromatic N) is 4. The van der Waals surface area contributed by atoms with E-state index in [-0.39, 0.29) is 11.7 Å². The minimum absolute atomic E-state index is 0.123. The lowest BCUT2D eigenvalue weighted by Gasteiger charge is -2.36. The Kier molecular flexibility index (Phi) is 8.34. The van der Waals surface area contributed by atoms with Crippen LogP contribution in [-0.4, -0.2) is 53.3 Å². The summed E-state index contributed by atoms with van der Waals surface area (Å²) >= 11 is 0. The Morgan fingerprint density at radius 1 is 0.927 bits per heavy atom. The van der Waals surface area contributed by atoms with E-state index in [1.54, 1.807) is 18.3 Å². The molecular formula is C30H29F3N6O2. The van der Waals surface area contributed by atoms with Crippen molar-refractivity contribution in [1.29, 1.82) is 0 Å². The molecular weight excluding hydrogens is 533 g/mol. The fourth-order valence-corrected chi connectivity index (χ4v) is 4.64. The number of benzene rings is 3. The number of hydrogen-bond acceptors (Lipinski definition) is 7. The number of aromatic nitrogens is 2. The highest BCUT2D eigenvalue weighted by Crippen LogP contribution is 2.26. The van der Waals surface area contributed by atoms with Crippen molar-refractivity contribution in [2.45, 2.75) is 19.8 Å². The number of halogens is 3. The van der Waals surface area contributed by atoms with Crippen molar-refractivity contribution in [2.24, 2.45) is 0 Å². The van der Waals surface area contributed by atoms with Gasteiger partial charge in [0, 0.05) is 68.5 Å². The SMILES string of the molecule is CC(=O)Nc1ccc(-c2ccnc(Nc3cccc(N4CCN(Cc5ccc(OC(F)(F)F)cc5)CC4)c3)n2)cc1. The predicted octanol–water partition coefficient (Wildman–Crippen LogP) is 6.07. The average molecular weight is 563 g/mol. The van der Waals surface area contributed by atoms with Crippen LogP contribution in [0, 0.1) is 0 Å². The van der Waals surface area contributed by atoms with Gasteiger partial charge in [-0.3, -0.25) is 9.69 Å².